The van der Waals surface area contributed by atoms with Crippen molar-refractivity contribution >= 4 is 35.0 Å². The van der Waals surface area contributed by atoms with E-state index in [-0.39, 0.29) is 5.75 Å². The van der Waals surface area contributed by atoms with Crippen molar-refractivity contribution in [3.05, 3.63) is 48.5 Å². The van der Waals surface area contributed by atoms with E-state index in [1.54, 1.807) is 42.1 Å². The van der Waals surface area contributed by atoms with Crippen LogP contribution in [0.25, 0.3) is 0 Å². The van der Waals surface area contributed by atoms with Crippen LogP contribution in [0.3, 0.4) is 0 Å². The number of hydrogen-bond acceptors (Lipinski definition) is 4. The molecule has 2 aromatic rings. The SMILES string of the molecule is CSc1cccc(NC(=O)C(=O)Nc2cccc(O)c2)c1. The van der Waals surface area contributed by atoms with Gasteiger partial charge in [-0.25, -0.2) is 0 Å². The maximum absolute atomic E-state index is 11.8. The predicted molar refractivity (Wildman–Crippen MR) is 83.6 cm³/mol. The molecule has 0 heterocycles. The van der Waals surface area contributed by atoms with Gasteiger partial charge in [0.15, 0.2) is 0 Å². The van der Waals surface area contributed by atoms with Gasteiger partial charge in [0.25, 0.3) is 0 Å². The van der Waals surface area contributed by atoms with Crippen LogP contribution in [0, 0.1) is 0 Å². The summed E-state index contributed by atoms with van der Waals surface area (Å²) in [5, 5.41) is 14.2. The third-order valence-corrected chi connectivity index (χ3v) is 3.36. The smallest absolute Gasteiger partial charge is 0.314 e. The van der Waals surface area contributed by atoms with Gasteiger partial charge in [0, 0.05) is 22.3 Å². The molecule has 3 N–H and O–H groups in total. The van der Waals surface area contributed by atoms with E-state index in [9.17, 15) is 14.7 Å². The Kier molecular flexibility index (Phi) is 4.84. The Labute approximate surface area is 126 Å². The maximum Gasteiger partial charge on any atom is 0.314 e. The lowest BCUT2D eigenvalue weighted by molar-refractivity contribution is -0.133. The first-order valence-electron chi connectivity index (χ1n) is 6.14. The van der Waals surface area contributed by atoms with Gasteiger partial charge in [-0.3, -0.25) is 9.59 Å². The van der Waals surface area contributed by atoms with Crippen LogP contribution < -0.4 is 10.6 Å². The number of carbonyl (C=O) groups excluding carboxylic acids is 2. The van der Waals surface area contributed by atoms with Gasteiger partial charge >= 0.3 is 11.8 Å². The van der Waals surface area contributed by atoms with Crippen molar-refractivity contribution < 1.29 is 14.7 Å². The number of carbonyl (C=O) groups is 2. The van der Waals surface area contributed by atoms with Crippen LogP contribution in [-0.2, 0) is 9.59 Å². The molecule has 0 aliphatic heterocycles. The van der Waals surface area contributed by atoms with Crippen LogP contribution in [-0.4, -0.2) is 23.2 Å². The highest BCUT2D eigenvalue weighted by molar-refractivity contribution is 7.98. The molecule has 6 heteroatoms. The summed E-state index contributed by atoms with van der Waals surface area (Å²) in [6, 6.07) is 13.2. The van der Waals surface area contributed by atoms with E-state index in [0.29, 0.717) is 11.4 Å². The van der Waals surface area contributed by atoms with Crippen LogP contribution in [0.2, 0.25) is 0 Å². The van der Waals surface area contributed by atoms with Crippen LogP contribution in [0.15, 0.2) is 53.4 Å². The van der Waals surface area contributed by atoms with Crippen molar-refractivity contribution in [1.29, 1.82) is 0 Å². The number of benzene rings is 2. The highest BCUT2D eigenvalue weighted by Gasteiger charge is 2.14. The summed E-state index contributed by atoms with van der Waals surface area (Å²) in [5.74, 6) is -1.55. The zero-order valence-corrected chi connectivity index (χ0v) is 12.1. The van der Waals surface area contributed by atoms with Crippen molar-refractivity contribution in [2.45, 2.75) is 4.90 Å². The van der Waals surface area contributed by atoms with Gasteiger partial charge in [0.05, 0.1) is 0 Å². The lowest BCUT2D eigenvalue weighted by atomic mass is 10.3. The normalized spacial score (nSPS) is 9.95. The number of phenolic OH excluding ortho intramolecular Hbond substituents is 1. The summed E-state index contributed by atoms with van der Waals surface area (Å²) in [5.41, 5.74) is 0.908. The molecule has 0 saturated carbocycles. The molecule has 0 unspecified atom stereocenters. The minimum atomic E-state index is -0.796. The molecular weight excluding hydrogens is 288 g/mol. The zero-order chi connectivity index (χ0) is 15.2. The van der Waals surface area contributed by atoms with E-state index >= 15 is 0 Å². The number of amides is 2. The van der Waals surface area contributed by atoms with Gasteiger partial charge in [-0.2, -0.15) is 0 Å². The molecule has 2 rings (SSSR count). The molecular formula is C15H14N2O3S. The lowest BCUT2D eigenvalue weighted by Crippen LogP contribution is -2.29. The first kappa shape index (κ1) is 14.9. The van der Waals surface area contributed by atoms with E-state index in [2.05, 4.69) is 10.6 Å². The zero-order valence-electron chi connectivity index (χ0n) is 11.3. The van der Waals surface area contributed by atoms with Crippen molar-refractivity contribution in [1.82, 2.24) is 0 Å². The highest BCUT2D eigenvalue weighted by Crippen LogP contribution is 2.19. The Morgan fingerprint density at radius 1 is 0.952 bits per heavy atom. The largest absolute Gasteiger partial charge is 0.508 e. The third-order valence-electron chi connectivity index (χ3n) is 2.64. The standard InChI is InChI=1S/C15H14N2O3S/c1-21-13-7-3-5-11(9-13)17-15(20)14(19)16-10-4-2-6-12(18)8-10/h2-9,18H,1H3,(H,16,19)(H,17,20). The number of rotatable bonds is 3. The minimum Gasteiger partial charge on any atom is -0.508 e. The Hall–Kier alpha value is -2.47. The summed E-state index contributed by atoms with van der Waals surface area (Å²) in [6.45, 7) is 0. The lowest BCUT2D eigenvalue weighted by Gasteiger charge is -2.07. The summed E-state index contributed by atoms with van der Waals surface area (Å²) >= 11 is 1.54. The average molecular weight is 302 g/mol. The second-order valence-corrected chi connectivity index (χ2v) is 5.07. The Bertz CT molecular complexity index is 673. The molecule has 0 radical (unpaired) electrons. The summed E-state index contributed by atoms with van der Waals surface area (Å²) in [4.78, 5) is 24.6. The molecule has 0 atom stereocenters. The van der Waals surface area contributed by atoms with Gasteiger partial charge in [-0.15, -0.1) is 11.8 Å². The van der Waals surface area contributed by atoms with Crippen molar-refractivity contribution in [3.8, 4) is 5.75 Å². The van der Waals surface area contributed by atoms with Gasteiger partial charge in [0.1, 0.15) is 5.75 Å². The molecule has 0 spiro atoms. The number of hydrogen-bond donors (Lipinski definition) is 3. The van der Waals surface area contributed by atoms with E-state index in [1.807, 2.05) is 12.3 Å². The van der Waals surface area contributed by atoms with E-state index in [1.165, 1.54) is 12.1 Å². The van der Waals surface area contributed by atoms with E-state index in [0.717, 1.165) is 4.90 Å². The molecule has 0 fully saturated rings. The molecule has 0 aromatic heterocycles. The topological polar surface area (TPSA) is 78.4 Å². The van der Waals surface area contributed by atoms with E-state index in [4.69, 9.17) is 0 Å². The van der Waals surface area contributed by atoms with Gasteiger partial charge < -0.3 is 15.7 Å². The second-order valence-electron chi connectivity index (χ2n) is 4.19. The number of anilines is 2. The maximum atomic E-state index is 11.8. The van der Waals surface area contributed by atoms with Crippen LogP contribution in [0.1, 0.15) is 0 Å². The number of phenols is 1. The molecule has 2 aromatic carbocycles. The highest BCUT2D eigenvalue weighted by atomic mass is 32.2. The molecule has 0 saturated heterocycles. The van der Waals surface area contributed by atoms with Crippen LogP contribution >= 0.6 is 11.8 Å². The molecule has 2 amide bonds. The first-order chi connectivity index (χ1) is 10.1. The van der Waals surface area contributed by atoms with Crippen molar-refractivity contribution in [2.24, 2.45) is 0 Å². The van der Waals surface area contributed by atoms with Crippen molar-refractivity contribution in [3.63, 3.8) is 0 Å². The third kappa shape index (κ3) is 4.25. The Morgan fingerprint density at radius 3 is 2.10 bits per heavy atom. The molecule has 108 valence electrons. The average Bonchev–Trinajstić information content (AvgIpc) is 2.47. The van der Waals surface area contributed by atoms with Gasteiger partial charge in [-0.05, 0) is 36.6 Å². The monoisotopic (exact) mass is 302 g/mol. The fraction of sp³-hybridized carbons (Fsp3) is 0.0667. The van der Waals surface area contributed by atoms with Gasteiger partial charge in [-0.1, -0.05) is 12.1 Å². The second kappa shape index (κ2) is 6.81. The fourth-order valence-electron chi connectivity index (χ4n) is 1.66. The Morgan fingerprint density at radius 2 is 1.52 bits per heavy atom. The first-order valence-corrected chi connectivity index (χ1v) is 7.36. The summed E-state index contributed by atoms with van der Waals surface area (Å²) in [7, 11) is 0. The summed E-state index contributed by atoms with van der Waals surface area (Å²) < 4.78 is 0. The predicted octanol–water partition coefficient (Wildman–Crippen LogP) is 2.69. The molecule has 0 bridgehead atoms. The van der Waals surface area contributed by atoms with E-state index < -0.39 is 11.8 Å². The number of aromatic hydroxyl groups is 1. The van der Waals surface area contributed by atoms with Crippen molar-refractivity contribution in [2.75, 3.05) is 16.9 Å². The fourth-order valence-corrected chi connectivity index (χ4v) is 2.12. The molecule has 0 aliphatic carbocycles. The Balaban J connectivity index is 2.01. The molecule has 0 aliphatic rings. The molecule has 21 heavy (non-hydrogen) atoms. The summed E-state index contributed by atoms with van der Waals surface area (Å²) in [6.07, 6.45) is 1.93. The minimum absolute atomic E-state index is 0.0147. The van der Waals surface area contributed by atoms with Gasteiger partial charge in [0.2, 0.25) is 0 Å². The van der Waals surface area contributed by atoms with Crippen LogP contribution in [0.5, 0.6) is 5.75 Å². The van der Waals surface area contributed by atoms with Crippen LogP contribution in [0.4, 0.5) is 11.4 Å². The molecule has 5 nitrogen and oxygen atoms in total. The quantitative estimate of drug-likeness (QED) is 0.601. The number of nitrogens with one attached hydrogen (secondary N) is 2. The number of thioether (sulfide) groups is 1.